The third kappa shape index (κ3) is 10.4. The van der Waals surface area contributed by atoms with E-state index in [1.165, 1.54) is 24.3 Å². The summed E-state index contributed by atoms with van der Waals surface area (Å²) in [6.07, 6.45) is 3.12. The summed E-state index contributed by atoms with van der Waals surface area (Å²) in [5.41, 5.74) is 12.3. The number of hydrogen-bond donors (Lipinski definition) is 6. The van der Waals surface area contributed by atoms with Crippen LogP contribution in [0.5, 0.6) is 11.5 Å². The lowest BCUT2D eigenvalue weighted by molar-refractivity contribution is 0.180. The number of guanidine groups is 1. The monoisotopic (exact) mass is 535 g/mol. The fourth-order valence-corrected chi connectivity index (χ4v) is 4.72. The van der Waals surface area contributed by atoms with Crippen molar-refractivity contribution in [2.24, 2.45) is 16.5 Å². The van der Waals surface area contributed by atoms with Crippen molar-refractivity contribution in [2.75, 3.05) is 6.61 Å². The fraction of sp³-hybridized carbons (Fsp3) is 0.423. The average molecular weight is 536 g/mol. The lowest BCUT2D eigenvalue weighted by atomic mass is 9.91. The molecule has 0 unspecified atom stereocenters. The topological polar surface area (TPSA) is 189 Å². The number of benzene rings is 2. The Morgan fingerprint density at radius 3 is 2.24 bits per heavy atom. The molecule has 0 amide bonds. The normalized spacial score (nSPS) is 15.1. The SMILES string of the molecule is CC[C@H](C[C@H](CC=C[C@@H](O)c1ccc(O)cc1)S(=O)(=O)O)c1ccc(O[C@@H](CCCO)N=C(N)N)cc1. The van der Waals surface area contributed by atoms with Gasteiger partial charge in [-0.15, -0.1) is 0 Å². The molecule has 0 saturated heterocycles. The Hall–Kier alpha value is -3.12. The van der Waals surface area contributed by atoms with Crippen LogP contribution in [-0.2, 0) is 10.1 Å². The summed E-state index contributed by atoms with van der Waals surface area (Å²) < 4.78 is 39.9. The van der Waals surface area contributed by atoms with Gasteiger partial charge in [0.25, 0.3) is 10.1 Å². The maximum Gasteiger partial charge on any atom is 0.268 e. The second kappa shape index (κ2) is 14.6. The van der Waals surface area contributed by atoms with Gasteiger partial charge in [0.1, 0.15) is 11.5 Å². The molecule has 0 aliphatic heterocycles. The third-order valence-electron chi connectivity index (χ3n) is 5.94. The van der Waals surface area contributed by atoms with Gasteiger partial charge in [0.2, 0.25) is 0 Å². The third-order valence-corrected chi connectivity index (χ3v) is 7.17. The minimum absolute atomic E-state index is 0.0170. The van der Waals surface area contributed by atoms with Crippen LogP contribution in [0.25, 0.3) is 0 Å². The first kappa shape index (κ1) is 30.1. The molecule has 204 valence electrons. The average Bonchev–Trinajstić information content (AvgIpc) is 2.84. The number of aliphatic imine (C=N–C) groups is 1. The van der Waals surface area contributed by atoms with Gasteiger partial charge >= 0.3 is 0 Å². The molecule has 0 saturated carbocycles. The summed E-state index contributed by atoms with van der Waals surface area (Å²) in [4.78, 5) is 4.02. The molecule has 0 fully saturated rings. The zero-order valence-electron chi connectivity index (χ0n) is 20.8. The van der Waals surface area contributed by atoms with E-state index < -0.39 is 27.7 Å². The van der Waals surface area contributed by atoms with Crippen LogP contribution >= 0.6 is 0 Å². The van der Waals surface area contributed by atoms with Gasteiger partial charge in [0.15, 0.2) is 12.2 Å². The molecular formula is C26H37N3O7S. The second-order valence-corrected chi connectivity index (χ2v) is 10.4. The molecule has 8 N–H and O–H groups in total. The van der Waals surface area contributed by atoms with Crippen molar-refractivity contribution in [3.05, 3.63) is 71.8 Å². The Kier molecular flexibility index (Phi) is 11.9. The Morgan fingerprint density at radius 2 is 1.70 bits per heavy atom. The van der Waals surface area contributed by atoms with Gasteiger partial charge in [0, 0.05) is 13.0 Å². The van der Waals surface area contributed by atoms with Crippen molar-refractivity contribution in [3.63, 3.8) is 0 Å². The number of nitrogens with zero attached hydrogens (tertiary/aromatic N) is 1. The number of phenolic OH excluding ortho intramolecular Hbond substituents is 1. The molecule has 0 bridgehead atoms. The Labute approximate surface area is 218 Å². The molecule has 0 aliphatic rings. The first-order chi connectivity index (χ1) is 17.5. The predicted octanol–water partition coefficient (Wildman–Crippen LogP) is 2.96. The van der Waals surface area contributed by atoms with Crippen molar-refractivity contribution < 1.29 is 33.0 Å². The summed E-state index contributed by atoms with van der Waals surface area (Å²) in [5.74, 6) is 0.321. The molecule has 0 aromatic heterocycles. The maximum absolute atomic E-state index is 12.1. The molecule has 0 spiro atoms. The van der Waals surface area contributed by atoms with Crippen molar-refractivity contribution in [1.82, 2.24) is 0 Å². The van der Waals surface area contributed by atoms with Gasteiger partial charge in [0.05, 0.1) is 11.4 Å². The van der Waals surface area contributed by atoms with Crippen LogP contribution in [-0.4, -0.2) is 52.3 Å². The number of rotatable bonds is 15. The highest BCUT2D eigenvalue weighted by Gasteiger charge is 2.26. The molecule has 0 radical (unpaired) electrons. The standard InChI is InChI=1S/C26H37N3O7S/c1-2-18(19-10-14-22(15-11-19)36-25(7-4-16-30)29-26(27)28)17-23(37(33,34)35)5-3-6-24(32)20-8-12-21(31)13-9-20/h3,6,8-15,18,23-25,30-32H,2,4-5,7,16-17H2,1H3,(H4,27,28,29)(H,33,34,35)/t18-,23+,24-,25+/m1/s1. The zero-order chi connectivity index (χ0) is 27.4. The molecule has 10 nitrogen and oxygen atoms in total. The van der Waals surface area contributed by atoms with Crippen molar-refractivity contribution >= 4 is 16.1 Å². The first-order valence-corrected chi connectivity index (χ1v) is 13.6. The molecule has 11 heteroatoms. The van der Waals surface area contributed by atoms with E-state index >= 15 is 0 Å². The van der Waals surface area contributed by atoms with Crippen molar-refractivity contribution in [1.29, 1.82) is 0 Å². The van der Waals surface area contributed by atoms with Crippen LogP contribution in [0.4, 0.5) is 0 Å². The van der Waals surface area contributed by atoms with E-state index in [1.807, 2.05) is 19.1 Å². The van der Waals surface area contributed by atoms with Gasteiger partial charge in [-0.2, -0.15) is 8.42 Å². The number of nitrogens with two attached hydrogens (primary N) is 2. The minimum atomic E-state index is -4.34. The molecule has 2 rings (SSSR count). The lowest BCUT2D eigenvalue weighted by Crippen LogP contribution is -2.27. The van der Waals surface area contributed by atoms with Gasteiger partial charge in [-0.3, -0.25) is 4.55 Å². The van der Waals surface area contributed by atoms with E-state index in [0.717, 1.165) is 5.56 Å². The number of aromatic hydroxyl groups is 1. The van der Waals surface area contributed by atoms with Gasteiger partial charge < -0.3 is 31.5 Å². The van der Waals surface area contributed by atoms with Crippen LogP contribution in [0.15, 0.2) is 65.7 Å². The van der Waals surface area contributed by atoms with Crippen LogP contribution < -0.4 is 16.2 Å². The number of ether oxygens (including phenoxy) is 1. The quantitative estimate of drug-likeness (QED) is 0.0862. The van der Waals surface area contributed by atoms with Crippen molar-refractivity contribution in [3.8, 4) is 11.5 Å². The van der Waals surface area contributed by atoms with E-state index in [2.05, 4.69) is 4.99 Å². The molecular weight excluding hydrogens is 498 g/mol. The molecule has 2 aromatic rings. The zero-order valence-corrected chi connectivity index (χ0v) is 21.7. The largest absolute Gasteiger partial charge is 0.508 e. The van der Waals surface area contributed by atoms with E-state index in [-0.39, 0.29) is 37.1 Å². The summed E-state index contributed by atoms with van der Waals surface area (Å²) in [6, 6.07) is 13.2. The number of aliphatic hydroxyl groups is 2. The fourth-order valence-electron chi connectivity index (χ4n) is 3.89. The van der Waals surface area contributed by atoms with E-state index in [4.69, 9.17) is 21.3 Å². The molecule has 37 heavy (non-hydrogen) atoms. The Bertz CT molecular complexity index is 1120. The minimum Gasteiger partial charge on any atom is -0.508 e. The maximum atomic E-state index is 12.1. The van der Waals surface area contributed by atoms with Crippen LogP contribution in [0.2, 0.25) is 0 Å². The van der Waals surface area contributed by atoms with Crippen LogP contribution in [0, 0.1) is 0 Å². The van der Waals surface area contributed by atoms with Gasteiger partial charge in [-0.25, -0.2) is 4.99 Å². The molecule has 2 aromatic carbocycles. The number of hydrogen-bond acceptors (Lipinski definition) is 7. The van der Waals surface area contributed by atoms with Crippen LogP contribution in [0.1, 0.15) is 62.2 Å². The van der Waals surface area contributed by atoms with Gasteiger partial charge in [-0.1, -0.05) is 43.3 Å². The summed E-state index contributed by atoms with van der Waals surface area (Å²) >= 11 is 0. The lowest BCUT2D eigenvalue weighted by Gasteiger charge is -2.21. The first-order valence-electron chi connectivity index (χ1n) is 12.1. The van der Waals surface area contributed by atoms with E-state index in [0.29, 0.717) is 30.6 Å². The highest BCUT2D eigenvalue weighted by Crippen LogP contribution is 2.30. The molecule has 0 heterocycles. The summed E-state index contributed by atoms with van der Waals surface area (Å²) in [6.45, 7) is 1.92. The van der Waals surface area contributed by atoms with E-state index in [1.54, 1.807) is 24.3 Å². The highest BCUT2D eigenvalue weighted by molar-refractivity contribution is 7.86. The summed E-state index contributed by atoms with van der Waals surface area (Å²) in [5, 5.41) is 27.7. The van der Waals surface area contributed by atoms with Crippen LogP contribution in [0.3, 0.4) is 0 Å². The number of aliphatic hydroxyl groups excluding tert-OH is 2. The van der Waals surface area contributed by atoms with Crippen molar-refractivity contribution in [2.45, 2.75) is 62.5 Å². The van der Waals surface area contributed by atoms with Gasteiger partial charge in [-0.05, 0) is 67.0 Å². The second-order valence-electron chi connectivity index (χ2n) is 8.74. The Morgan fingerprint density at radius 1 is 1.08 bits per heavy atom. The number of phenols is 1. The van der Waals surface area contributed by atoms with E-state index in [9.17, 15) is 23.2 Å². The highest BCUT2D eigenvalue weighted by atomic mass is 32.2. The number of allylic oxidation sites excluding steroid dienone is 1. The summed E-state index contributed by atoms with van der Waals surface area (Å²) in [7, 11) is -4.34. The molecule has 0 aliphatic carbocycles. The smallest absolute Gasteiger partial charge is 0.268 e. The predicted molar refractivity (Wildman–Crippen MR) is 143 cm³/mol. The molecule has 4 atom stereocenters. The Balaban J connectivity index is 2.08.